The van der Waals surface area contributed by atoms with E-state index in [0.717, 1.165) is 18.9 Å². The molecule has 0 atom stereocenters. The molecule has 0 unspecified atom stereocenters. The fourth-order valence-electron chi connectivity index (χ4n) is 1.73. The average Bonchev–Trinajstić information content (AvgIpc) is 2.98. The first-order chi connectivity index (χ1) is 7.75. The van der Waals surface area contributed by atoms with E-state index in [9.17, 15) is 8.78 Å². The molecule has 1 saturated carbocycles. The molecule has 1 fully saturated rings. The molecule has 1 aromatic heterocycles. The Labute approximate surface area is 90.7 Å². The van der Waals surface area contributed by atoms with Crippen molar-refractivity contribution in [3.8, 4) is 11.4 Å². The van der Waals surface area contributed by atoms with Crippen LogP contribution in [0.1, 0.15) is 18.9 Å². The van der Waals surface area contributed by atoms with E-state index in [4.69, 9.17) is 0 Å². The van der Waals surface area contributed by atoms with E-state index in [1.165, 1.54) is 12.1 Å². The molecule has 1 aliphatic rings. The van der Waals surface area contributed by atoms with E-state index < -0.39 is 11.6 Å². The summed E-state index contributed by atoms with van der Waals surface area (Å²) in [5.41, 5.74) is 0.297. The Hall–Kier alpha value is -1.78. The van der Waals surface area contributed by atoms with Crippen LogP contribution in [0.3, 0.4) is 0 Å². The third-order valence-corrected chi connectivity index (χ3v) is 2.69. The summed E-state index contributed by atoms with van der Waals surface area (Å²) in [5, 5.41) is 7.66. The van der Waals surface area contributed by atoms with E-state index in [2.05, 4.69) is 10.2 Å². The van der Waals surface area contributed by atoms with Gasteiger partial charge in [0.2, 0.25) is 0 Å². The van der Waals surface area contributed by atoms with Crippen LogP contribution in [0.25, 0.3) is 11.4 Å². The van der Waals surface area contributed by atoms with Gasteiger partial charge in [-0.1, -0.05) is 0 Å². The Morgan fingerprint density at radius 3 is 2.75 bits per heavy atom. The summed E-state index contributed by atoms with van der Waals surface area (Å²) in [4.78, 5) is 0. The summed E-state index contributed by atoms with van der Waals surface area (Å²) in [6.45, 7) is 0. The third kappa shape index (κ3) is 1.48. The lowest BCUT2D eigenvalue weighted by atomic mass is 10.2. The molecule has 82 valence electrons. The van der Waals surface area contributed by atoms with E-state index in [1.54, 1.807) is 6.33 Å². The fourth-order valence-corrected chi connectivity index (χ4v) is 1.73. The second-order valence-electron chi connectivity index (χ2n) is 3.92. The largest absolute Gasteiger partial charge is 0.310 e. The first-order valence-corrected chi connectivity index (χ1v) is 5.10. The molecule has 3 rings (SSSR count). The van der Waals surface area contributed by atoms with Gasteiger partial charge in [-0.15, -0.1) is 10.2 Å². The standard InChI is InChI=1S/C11H9F2N3/c12-7-1-4-9(10(13)5-7)11-15-14-6-16(11)8-2-3-8/h1,4-6,8H,2-3H2. The lowest BCUT2D eigenvalue weighted by Crippen LogP contribution is -1.98. The average molecular weight is 221 g/mol. The quantitative estimate of drug-likeness (QED) is 0.780. The molecule has 5 heteroatoms. The minimum Gasteiger partial charge on any atom is -0.310 e. The van der Waals surface area contributed by atoms with Crippen LogP contribution in [0.5, 0.6) is 0 Å². The van der Waals surface area contributed by atoms with E-state index >= 15 is 0 Å². The van der Waals surface area contributed by atoms with Crippen LogP contribution in [0.2, 0.25) is 0 Å². The molecule has 0 amide bonds. The zero-order chi connectivity index (χ0) is 11.1. The van der Waals surface area contributed by atoms with E-state index in [0.29, 0.717) is 17.4 Å². The number of aromatic nitrogens is 3. The maximum absolute atomic E-state index is 13.6. The van der Waals surface area contributed by atoms with Crippen LogP contribution in [0.4, 0.5) is 8.78 Å². The monoisotopic (exact) mass is 221 g/mol. The highest BCUT2D eigenvalue weighted by atomic mass is 19.1. The molecule has 3 nitrogen and oxygen atoms in total. The van der Waals surface area contributed by atoms with Crippen molar-refractivity contribution in [1.82, 2.24) is 14.8 Å². The highest BCUT2D eigenvalue weighted by molar-refractivity contribution is 5.56. The zero-order valence-corrected chi connectivity index (χ0v) is 8.40. The Bertz CT molecular complexity index is 532. The number of benzene rings is 1. The zero-order valence-electron chi connectivity index (χ0n) is 8.40. The van der Waals surface area contributed by atoms with E-state index in [-0.39, 0.29) is 0 Å². The third-order valence-electron chi connectivity index (χ3n) is 2.69. The van der Waals surface area contributed by atoms with Crippen molar-refractivity contribution in [2.75, 3.05) is 0 Å². The maximum Gasteiger partial charge on any atom is 0.166 e. The topological polar surface area (TPSA) is 30.7 Å². The lowest BCUT2D eigenvalue weighted by molar-refractivity contribution is 0.583. The molecule has 0 bridgehead atoms. The molecule has 0 saturated heterocycles. The Balaban J connectivity index is 2.10. The smallest absolute Gasteiger partial charge is 0.166 e. The van der Waals surface area contributed by atoms with Crippen LogP contribution in [0.15, 0.2) is 24.5 Å². The van der Waals surface area contributed by atoms with Crippen molar-refractivity contribution in [3.05, 3.63) is 36.2 Å². The van der Waals surface area contributed by atoms with Crippen molar-refractivity contribution >= 4 is 0 Å². The highest BCUT2D eigenvalue weighted by Crippen LogP contribution is 2.37. The normalized spacial score (nSPS) is 15.4. The van der Waals surface area contributed by atoms with Gasteiger partial charge in [0, 0.05) is 12.1 Å². The van der Waals surface area contributed by atoms with Gasteiger partial charge < -0.3 is 4.57 Å². The van der Waals surface area contributed by atoms with Gasteiger partial charge in [-0.25, -0.2) is 8.78 Å². The van der Waals surface area contributed by atoms with Gasteiger partial charge in [0.1, 0.15) is 18.0 Å². The molecule has 0 N–H and O–H groups in total. The maximum atomic E-state index is 13.6. The molecule has 1 aromatic carbocycles. The summed E-state index contributed by atoms with van der Waals surface area (Å²) >= 11 is 0. The first kappa shape index (κ1) is 9.45. The fraction of sp³-hybridized carbons (Fsp3) is 0.273. The van der Waals surface area contributed by atoms with Gasteiger partial charge in [0.15, 0.2) is 5.82 Å². The predicted octanol–water partition coefficient (Wildman–Crippen LogP) is 2.56. The molecule has 0 radical (unpaired) electrons. The Morgan fingerprint density at radius 1 is 1.25 bits per heavy atom. The Morgan fingerprint density at radius 2 is 2.06 bits per heavy atom. The van der Waals surface area contributed by atoms with Gasteiger partial charge in [0.25, 0.3) is 0 Å². The van der Waals surface area contributed by atoms with Crippen molar-refractivity contribution in [2.45, 2.75) is 18.9 Å². The van der Waals surface area contributed by atoms with Crippen molar-refractivity contribution in [3.63, 3.8) is 0 Å². The predicted molar refractivity (Wildman–Crippen MR) is 53.6 cm³/mol. The van der Waals surface area contributed by atoms with Crippen molar-refractivity contribution in [2.24, 2.45) is 0 Å². The molecule has 0 aliphatic heterocycles. The molecule has 1 heterocycles. The minimum absolute atomic E-state index is 0.297. The summed E-state index contributed by atoms with van der Waals surface area (Å²) in [6, 6.07) is 3.86. The molecular weight excluding hydrogens is 212 g/mol. The van der Waals surface area contributed by atoms with Crippen LogP contribution in [-0.4, -0.2) is 14.8 Å². The Kier molecular flexibility index (Phi) is 1.99. The van der Waals surface area contributed by atoms with Crippen molar-refractivity contribution < 1.29 is 8.78 Å². The molecule has 16 heavy (non-hydrogen) atoms. The van der Waals surface area contributed by atoms with Crippen LogP contribution < -0.4 is 0 Å². The second-order valence-corrected chi connectivity index (χ2v) is 3.92. The van der Waals surface area contributed by atoms with Gasteiger partial charge in [-0.3, -0.25) is 0 Å². The number of rotatable bonds is 2. The van der Waals surface area contributed by atoms with E-state index in [1.807, 2.05) is 4.57 Å². The van der Waals surface area contributed by atoms with Crippen LogP contribution in [0, 0.1) is 11.6 Å². The summed E-state index contributed by atoms with van der Waals surface area (Å²) in [5.74, 6) is -0.714. The molecule has 2 aromatic rings. The number of nitrogens with zero attached hydrogens (tertiary/aromatic N) is 3. The first-order valence-electron chi connectivity index (χ1n) is 5.10. The summed E-state index contributed by atoms with van der Waals surface area (Å²) < 4.78 is 28.2. The molecule has 1 aliphatic carbocycles. The highest BCUT2D eigenvalue weighted by Gasteiger charge is 2.27. The van der Waals surface area contributed by atoms with Crippen LogP contribution in [-0.2, 0) is 0 Å². The van der Waals surface area contributed by atoms with Gasteiger partial charge >= 0.3 is 0 Å². The van der Waals surface area contributed by atoms with Gasteiger partial charge in [-0.05, 0) is 25.0 Å². The van der Waals surface area contributed by atoms with Gasteiger partial charge in [0.05, 0.1) is 5.56 Å². The number of hydrogen-bond acceptors (Lipinski definition) is 2. The molecular formula is C11H9F2N3. The minimum atomic E-state index is -0.602. The van der Waals surface area contributed by atoms with Crippen molar-refractivity contribution in [1.29, 1.82) is 0 Å². The molecule has 0 spiro atoms. The SMILES string of the molecule is Fc1ccc(-c2nncn2C2CC2)c(F)c1. The van der Waals surface area contributed by atoms with Crippen LogP contribution >= 0.6 is 0 Å². The number of halogens is 2. The second kappa shape index (κ2) is 3.37. The lowest BCUT2D eigenvalue weighted by Gasteiger charge is -2.05. The summed E-state index contributed by atoms with van der Waals surface area (Å²) in [7, 11) is 0. The van der Waals surface area contributed by atoms with Gasteiger partial charge in [-0.2, -0.15) is 0 Å². The summed E-state index contributed by atoms with van der Waals surface area (Å²) in [6.07, 6.45) is 3.72. The number of hydrogen-bond donors (Lipinski definition) is 0.